The van der Waals surface area contributed by atoms with Crippen molar-refractivity contribution >= 4 is 18.3 Å². The summed E-state index contributed by atoms with van der Waals surface area (Å²) in [5, 5.41) is 0. The topological polar surface area (TPSA) is 138 Å². The minimum Gasteiger partial charge on any atom is -0.412 e. The van der Waals surface area contributed by atoms with E-state index in [0.29, 0.717) is 0 Å². The van der Waals surface area contributed by atoms with Crippen LogP contribution in [0.5, 0.6) is 0 Å². The molecule has 6 heteroatoms. The normalized spacial score (nSPS) is 12.4. The summed E-state index contributed by atoms with van der Waals surface area (Å²) in [6, 6.07) is 0. The Kier molecular flexibility index (Phi) is 19.5. The van der Waals surface area contributed by atoms with E-state index in [1.807, 2.05) is 0 Å². The van der Waals surface area contributed by atoms with E-state index in [1.54, 1.807) is 0 Å². The summed E-state index contributed by atoms with van der Waals surface area (Å²) in [6.45, 7) is 0. The van der Waals surface area contributed by atoms with E-state index in [9.17, 15) is 4.79 Å². The second kappa shape index (κ2) is 8.64. The van der Waals surface area contributed by atoms with E-state index in [1.165, 1.54) is 0 Å². The van der Waals surface area contributed by atoms with Gasteiger partial charge in [-0.05, 0) is 12.8 Å². The van der Waals surface area contributed by atoms with E-state index in [0.717, 1.165) is 12.8 Å². The molecule has 0 bridgehead atoms. The monoisotopic (exact) mass is 175 g/mol. The molecular formula is C4H14ClNO4. The van der Waals surface area contributed by atoms with E-state index in [2.05, 4.69) is 0 Å². The van der Waals surface area contributed by atoms with Crippen molar-refractivity contribution in [3.63, 3.8) is 0 Å². The van der Waals surface area contributed by atoms with Crippen LogP contribution in [0.1, 0.15) is 12.8 Å². The van der Waals surface area contributed by atoms with Crippen LogP contribution in [0.2, 0.25) is 0 Å². The molecule has 0 aromatic heterocycles. The van der Waals surface area contributed by atoms with Gasteiger partial charge in [-0.1, -0.05) is 0 Å². The second-order valence-electron chi connectivity index (χ2n) is 1.68. The van der Waals surface area contributed by atoms with Crippen molar-refractivity contribution in [2.45, 2.75) is 12.8 Å². The van der Waals surface area contributed by atoms with Crippen LogP contribution in [0.4, 0.5) is 0 Å². The third-order valence-electron chi connectivity index (χ3n) is 0.980. The Labute approximate surface area is 64.9 Å². The van der Waals surface area contributed by atoms with Crippen LogP contribution in [0.15, 0.2) is 0 Å². The number of rotatable bonds is 1. The largest absolute Gasteiger partial charge is 0.412 e. The first-order valence-electron chi connectivity index (χ1n) is 2.10. The van der Waals surface area contributed by atoms with Gasteiger partial charge in [0.1, 0.15) is 0 Å². The molecule has 10 heavy (non-hydrogen) atoms. The van der Waals surface area contributed by atoms with Crippen molar-refractivity contribution in [2.75, 3.05) is 0 Å². The van der Waals surface area contributed by atoms with E-state index in [4.69, 9.17) is 5.73 Å². The molecule has 0 unspecified atom stereocenters. The van der Waals surface area contributed by atoms with Gasteiger partial charge < -0.3 is 22.2 Å². The fourth-order valence-corrected chi connectivity index (χ4v) is 0.368. The van der Waals surface area contributed by atoms with Crippen molar-refractivity contribution in [1.82, 2.24) is 0 Å². The molecule has 1 amide bonds. The highest BCUT2D eigenvalue weighted by Gasteiger charge is 2.26. The second-order valence-corrected chi connectivity index (χ2v) is 1.68. The molecule has 1 rings (SSSR count). The Morgan fingerprint density at radius 2 is 1.50 bits per heavy atom. The molecule has 66 valence electrons. The van der Waals surface area contributed by atoms with Crippen LogP contribution in [-0.2, 0) is 4.79 Å². The molecule has 0 heterocycles. The van der Waals surface area contributed by atoms with Crippen molar-refractivity contribution in [3.8, 4) is 0 Å². The average Bonchev–Trinajstić information content (AvgIpc) is 2.06. The predicted octanol–water partition coefficient (Wildman–Crippen LogP) is -2.17. The molecule has 1 aliphatic carbocycles. The van der Waals surface area contributed by atoms with Gasteiger partial charge in [-0.25, -0.2) is 0 Å². The van der Waals surface area contributed by atoms with Crippen LogP contribution in [0, 0.1) is 5.92 Å². The lowest BCUT2D eigenvalue weighted by Gasteiger charge is -1.77. The zero-order valence-electron chi connectivity index (χ0n) is 5.39. The summed E-state index contributed by atoms with van der Waals surface area (Å²) in [6.07, 6.45) is 2.05. The van der Waals surface area contributed by atoms with Crippen molar-refractivity contribution in [1.29, 1.82) is 0 Å². The quantitative estimate of drug-likeness (QED) is 0.476. The first-order chi connectivity index (χ1) is 2.80. The third-order valence-corrected chi connectivity index (χ3v) is 0.980. The van der Waals surface area contributed by atoms with Gasteiger partial charge in [0, 0.05) is 5.92 Å². The molecule has 0 spiro atoms. The molecule has 0 aliphatic heterocycles. The Hall–Kier alpha value is -0.360. The van der Waals surface area contributed by atoms with Crippen LogP contribution in [0.3, 0.4) is 0 Å². The van der Waals surface area contributed by atoms with E-state index < -0.39 is 0 Å². The maximum absolute atomic E-state index is 9.98. The zero-order chi connectivity index (χ0) is 4.57. The number of carbonyl (C=O) groups excluding carboxylic acids is 1. The standard InChI is InChI=1S/C4H7NO.ClH.3H2O/c5-4(6)3-1-2-3;;;;/h3H,1-2H2,(H2,5,6);1H;3*1H2. The highest BCUT2D eigenvalue weighted by Crippen LogP contribution is 2.27. The highest BCUT2D eigenvalue weighted by atomic mass is 35.5. The molecule has 8 N–H and O–H groups in total. The number of hydrogen-bond acceptors (Lipinski definition) is 1. The summed E-state index contributed by atoms with van der Waals surface area (Å²) in [5.74, 6) is 0.111. The molecule has 1 fully saturated rings. The van der Waals surface area contributed by atoms with Crippen LogP contribution in [0.25, 0.3) is 0 Å². The fourth-order valence-electron chi connectivity index (χ4n) is 0.368. The lowest BCUT2D eigenvalue weighted by atomic mass is 10.4. The summed E-state index contributed by atoms with van der Waals surface area (Å²) in [5.41, 5.74) is 4.86. The number of primary amides is 1. The summed E-state index contributed by atoms with van der Waals surface area (Å²) < 4.78 is 0. The summed E-state index contributed by atoms with van der Waals surface area (Å²) in [7, 11) is 0. The van der Waals surface area contributed by atoms with E-state index >= 15 is 0 Å². The van der Waals surface area contributed by atoms with Gasteiger partial charge in [0.25, 0.3) is 0 Å². The van der Waals surface area contributed by atoms with Gasteiger partial charge in [-0.2, -0.15) is 0 Å². The fraction of sp³-hybridized carbons (Fsp3) is 0.750. The van der Waals surface area contributed by atoms with Crippen molar-refractivity contribution in [3.05, 3.63) is 0 Å². The number of hydrogen-bond donors (Lipinski definition) is 1. The minimum atomic E-state index is -0.130. The summed E-state index contributed by atoms with van der Waals surface area (Å²) >= 11 is 0. The maximum atomic E-state index is 9.98. The SMILES string of the molecule is Cl.NC(=O)C1CC1.O.O.O. The van der Waals surface area contributed by atoms with Gasteiger partial charge in [0.15, 0.2) is 0 Å². The molecule has 1 saturated carbocycles. The number of amides is 1. The first-order valence-corrected chi connectivity index (χ1v) is 2.10. The first kappa shape index (κ1) is 22.6. The number of halogens is 1. The van der Waals surface area contributed by atoms with Gasteiger partial charge in [-0.3, -0.25) is 4.79 Å². The van der Waals surface area contributed by atoms with Gasteiger partial charge in [-0.15, -0.1) is 12.4 Å². The Balaban J connectivity index is -0.0000000450. The molecule has 0 aromatic carbocycles. The molecular weight excluding hydrogens is 161 g/mol. The lowest BCUT2D eigenvalue weighted by Crippen LogP contribution is -2.11. The average molecular weight is 176 g/mol. The minimum absolute atomic E-state index is 0. The third kappa shape index (κ3) is 7.64. The zero-order valence-corrected chi connectivity index (χ0v) is 6.20. The Morgan fingerprint density at radius 3 is 1.50 bits per heavy atom. The molecule has 0 radical (unpaired) electrons. The van der Waals surface area contributed by atoms with Gasteiger partial charge >= 0.3 is 0 Å². The lowest BCUT2D eigenvalue weighted by molar-refractivity contribution is -0.119. The van der Waals surface area contributed by atoms with Crippen molar-refractivity contribution in [2.24, 2.45) is 11.7 Å². The molecule has 0 atom stereocenters. The molecule has 0 aromatic rings. The summed E-state index contributed by atoms with van der Waals surface area (Å²) in [4.78, 5) is 9.98. The predicted molar refractivity (Wildman–Crippen MR) is 40.0 cm³/mol. The highest BCUT2D eigenvalue weighted by molar-refractivity contribution is 5.85. The van der Waals surface area contributed by atoms with Crippen LogP contribution >= 0.6 is 12.4 Å². The Morgan fingerprint density at radius 1 is 1.20 bits per heavy atom. The van der Waals surface area contributed by atoms with E-state index in [-0.39, 0.29) is 40.7 Å². The molecule has 0 saturated heterocycles. The number of nitrogens with two attached hydrogens (primary N) is 1. The maximum Gasteiger partial charge on any atom is 0.220 e. The smallest absolute Gasteiger partial charge is 0.220 e. The van der Waals surface area contributed by atoms with Crippen molar-refractivity contribution < 1.29 is 21.2 Å². The van der Waals surface area contributed by atoms with Crippen LogP contribution in [-0.4, -0.2) is 22.3 Å². The van der Waals surface area contributed by atoms with Gasteiger partial charge in [0.2, 0.25) is 5.91 Å². The molecule has 1 aliphatic rings. The van der Waals surface area contributed by atoms with Crippen LogP contribution < -0.4 is 5.73 Å². The van der Waals surface area contributed by atoms with Gasteiger partial charge in [0.05, 0.1) is 0 Å². The number of carbonyl (C=O) groups is 1. The molecule has 5 nitrogen and oxygen atoms in total. The Bertz CT molecular complexity index is 85.3.